The highest BCUT2D eigenvalue weighted by atomic mass is 16.3. The smallest absolute Gasteiger partial charge is 0.255 e. The van der Waals surface area contributed by atoms with Gasteiger partial charge in [-0.1, -0.05) is 0 Å². The first-order valence-corrected chi connectivity index (χ1v) is 7.18. The number of rotatable bonds is 5. The molecule has 5 nitrogen and oxygen atoms in total. The van der Waals surface area contributed by atoms with Crippen LogP contribution in [0.5, 0.6) is 0 Å². The van der Waals surface area contributed by atoms with Crippen LogP contribution in [0.15, 0.2) is 42.9 Å². The number of carbonyl (C=O) groups is 1. The summed E-state index contributed by atoms with van der Waals surface area (Å²) in [5.74, 6) is 1.04. The van der Waals surface area contributed by atoms with Gasteiger partial charge in [-0.15, -0.1) is 0 Å². The Morgan fingerprint density at radius 2 is 2.14 bits per heavy atom. The topological polar surface area (TPSA) is 58.4 Å². The molecule has 0 aliphatic heterocycles. The number of pyridine rings is 1. The molecule has 1 N–H and O–H groups in total. The van der Waals surface area contributed by atoms with Crippen LogP contribution in [-0.2, 0) is 0 Å². The van der Waals surface area contributed by atoms with E-state index in [0.717, 1.165) is 18.7 Å². The van der Waals surface area contributed by atoms with Crippen molar-refractivity contribution in [3.63, 3.8) is 0 Å². The molecule has 0 spiro atoms. The number of hydrogen-bond donors (Lipinski definition) is 1. The molecule has 1 atom stereocenters. The molecule has 1 unspecified atom stereocenters. The van der Waals surface area contributed by atoms with Gasteiger partial charge in [0.1, 0.15) is 5.82 Å². The molecule has 1 aliphatic carbocycles. The molecule has 0 saturated heterocycles. The Morgan fingerprint density at radius 1 is 1.43 bits per heavy atom. The summed E-state index contributed by atoms with van der Waals surface area (Å²) in [5.41, 5.74) is 0.538. The molecule has 3 rings (SSSR count). The van der Waals surface area contributed by atoms with E-state index >= 15 is 0 Å². The first-order valence-electron chi connectivity index (χ1n) is 7.18. The highest BCUT2D eigenvalue weighted by Crippen LogP contribution is 2.32. The van der Waals surface area contributed by atoms with Crippen LogP contribution < -0.4 is 0 Å². The predicted octanol–water partition coefficient (Wildman–Crippen LogP) is 1.72. The number of nitrogens with zero attached hydrogens (tertiary/aromatic N) is 3. The van der Waals surface area contributed by atoms with Crippen molar-refractivity contribution in [3.05, 3.63) is 48.4 Å². The number of aliphatic hydroxyl groups is 1. The van der Waals surface area contributed by atoms with Crippen LogP contribution in [0.2, 0.25) is 0 Å². The molecule has 0 aromatic carbocycles. The van der Waals surface area contributed by atoms with Gasteiger partial charge in [-0.2, -0.15) is 0 Å². The van der Waals surface area contributed by atoms with E-state index in [1.807, 2.05) is 35.2 Å². The molecule has 1 amide bonds. The Labute approximate surface area is 123 Å². The summed E-state index contributed by atoms with van der Waals surface area (Å²) in [4.78, 5) is 18.2. The minimum atomic E-state index is -0.411. The van der Waals surface area contributed by atoms with E-state index in [0.29, 0.717) is 18.0 Å². The molecule has 2 aromatic rings. The Kier molecular flexibility index (Phi) is 3.75. The second-order valence-electron chi connectivity index (χ2n) is 5.59. The Hall–Kier alpha value is -2.14. The standard InChI is InChI=1S/C16H19N3O2/c1-18(11-14(20)12-4-5-12)16(21)13-6-7-15(17-10-13)19-8-2-3-9-19/h2-3,6-10,12,14,20H,4-5,11H2,1H3. The van der Waals surface area contributed by atoms with E-state index in [-0.39, 0.29) is 5.91 Å². The summed E-state index contributed by atoms with van der Waals surface area (Å²) in [6.45, 7) is 0.378. The lowest BCUT2D eigenvalue weighted by Gasteiger charge is -2.20. The molecular formula is C16H19N3O2. The zero-order valence-corrected chi connectivity index (χ0v) is 12.0. The van der Waals surface area contributed by atoms with Crippen molar-refractivity contribution in [2.24, 2.45) is 5.92 Å². The molecule has 0 radical (unpaired) electrons. The second kappa shape index (κ2) is 5.69. The Balaban J connectivity index is 1.66. The molecule has 0 bridgehead atoms. The maximum Gasteiger partial charge on any atom is 0.255 e. The van der Waals surface area contributed by atoms with Crippen LogP contribution in [0, 0.1) is 5.92 Å². The molecule has 1 fully saturated rings. The maximum atomic E-state index is 12.3. The first kappa shape index (κ1) is 13.8. The average molecular weight is 285 g/mol. The number of aliphatic hydroxyl groups excluding tert-OH is 1. The van der Waals surface area contributed by atoms with Crippen molar-refractivity contribution in [2.45, 2.75) is 18.9 Å². The fraction of sp³-hybridized carbons (Fsp3) is 0.375. The molecule has 2 heterocycles. The first-order chi connectivity index (χ1) is 10.1. The minimum absolute atomic E-state index is 0.110. The van der Waals surface area contributed by atoms with Gasteiger partial charge in [0.15, 0.2) is 0 Å². The normalized spacial score (nSPS) is 15.7. The van der Waals surface area contributed by atoms with Gasteiger partial charge in [0.2, 0.25) is 0 Å². The van der Waals surface area contributed by atoms with Gasteiger partial charge in [0, 0.05) is 32.2 Å². The van der Waals surface area contributed by atoms with Crippen molar-refractivity contribution in [1.82, 2.24) is 14.5 Å². The highest BCUT2D eigenvalue weighted by Gasteiger charge is 2.31. The van der Waals surface area contributed by atoms with E-state index < -0.39 is 6.10 Å². The zero-order chi connectivity index (χ0) is 14.8. The van der Waals surface area contributed by atoms with Crippen LogP contribution in [0.4, 0.5) is 0 Å². The molecule has 1 saturated carbocycles. The second-order valence-corrected chi connectivity index (χ2v) is 5.59. The van der Waals surface area contributed by atoms with Crippen molar-refractivity contribution < 1.29 is 9.90 Å². The van der Waals surface area contributed by atoms with E-state index in [9.17, 15) is 9.90 Å². The maximum absolute atomic E-state index is 12.3. The summed E-state index contributed by atoms with van der Waals surface area (Å²) in [7, 11) is 1.72. The third-order valence-electron chi connectivity index (χ3n) is 3.84. The number of carbonyl (C=O) groups excluding carboxylic acids is 1. The van der Waals surface area contributed by atoms with Crippen molar-refractivity contribution in [2.75, 3.05) is 13.6 Å². The molecule has 21 heavy (non-hydrogen) atoms. The average Bonchev–Trinajstić information content (AvgIpc) is 3.22. The summed E-state index contributed by atoms with van der Waals surface area (Å²) >= 11 is 0. The van der Waals surface area contributed by atoms with E-state index in [1.54, 1.807) is 24.2 Å². The largest absolute Gasteiger partial charge is 0.391 e. The van der Waals surface area contributed by atoms with Gasteiger partial charge in [-0.05, 0) is 43.0 Å². The van der Waals surface area contributed by atoms with E-state index in [2.05, 4.69) is 4.98 Å². The van der Waals surface area contributed by atoms with Gasteiger partial charge in [-0.3, -0.25) is 4.79 Å². The SMILES string of the molecule is CN(CC(O)C1CC1)C(=O)c1ccc(-n2cccc2)nc1. The Bertz CT molecular complexity index is 603. The van der Waals surface area contributed by atoms with Crippen LogP contribution >= 0.6 is 0 Å². The monoisotopic (exact) mass is 285 g/mol. The summed E-state index contributed by atoms with van der Waals surface area (Å²) in [6.07, 6.45) is 7.11. The zero-order valence-electron chi connectivity index (χ0n) is 12.0. The molecule has 110 valence electrons. The summed E-state index contributed by atoms with van der Waals surface area (Å²) in [6, 6.07) is 7.44. The third-order valence-corrected chi connectivity index (χ3v) is 3.84. The molecule has 5 heteroatoms. The van der Waals surface area contributed by atoms with Crippen LogP contribution in [0.25, 0.3) is 5.82 Å². The number of hydrogen-bond acceptors (Lipinski definition) is 3. The van der Waals surface area contributed by atoms with Crippen molar-refractivity contribution in [1.29, 1.82) is 0 Å². The number of aromatic nitrogens is 2. The lowest BCUT2D eigenvalue weighted by atomic mass is 10.2. The third kappa shape index (κ3) is 3.13. The van der Waals surface area contributed by atoms with E-state index in [1.165, 1.54) is 0 Å². The van der Waals surface area contributed by atoms with E-state index in [4.69, 9.17) is 0 Å². The van der Waals surface area contributed by atoms with Crippen LogP contribution in [0.1, 0.15) is 23.2 Å². The molecular weight excluding hydrogens is 266 g/mol. The Morgan fingerprint density at radius 3 is 2.71 bits per heavy atom. The van der Waals surface area contributed by atoms with Crippen LogP contribution in [0.3, 0.4) is 0 Å². The van der Waals surface area contributed by atoms with Crippen molar-refractivity contribution in [3.8, 4) is 5.82 Å². The van der Waals surface area contributed by atoms with Gasteiger partial charge in [-0.25, -0.2) is 4.98 Å². The fourth-order valence-electron chi connectivity index (χ4n) is 2.37. The molecule has 2 aromatic heterocycles. The number of likely N-dealkylation sites (N-methyl/N-ethyl adjacent to an activating group) is 1. The van der Waals surface area contributed by atoms with Gasteiger partial charge >= 0.3 is 0 Å². The van der Waals surface area contributed by atoms with Gasteiger partial charge in [0.25, 0.3) is 5.91 Å². The molecule has 1 aliphatic rings. The van der Waals surface area contributed by atoms with Crippen molar-refractivity contribution >= 4 is 5.91 Å². The summed E-state index contributed by atoms with van der Waals surface area (Å²) < 4.78 is 1.88. The number of amides is 1. The van der Waals surface area contributed by atoms with Gasteiger partial charge < -0.3 is 14.6 Å². The minimum Gasteiger partial charge on any atom is -0.391 e. The predicted molar refractivity (Wildman–Crippen MR) is 79.3 cm³/mol. The summed E-state index contributed by atoms with van der Waals surface area (Å²) in [5, 5.41) is 9.91. The fourth-order valence-corrected chi connectivity index (χ4v) is 2.37. The lowest BCUT2D eigenvalue weighted by Crippen LogP contribution is -2.35. The highest BCUT2D eigenvalue weighted by molar-refractivity contribution is 5.93. The van der Waals surface area contributed by atoms with Crippen LogP contribution in [-0.4, -0.2) is 45.2 Å². The van der Waals surface area contributed by atoms with Gasteiger partial charge in [0.05, 0.1) is 11.7 Å². The lowest BCUT2D eigenvalue weighted by molar-refractivity contribution is 0.0645. The quantitative estimate of drug-likeness (QED) is 0.910.